The minimum Gasteiger partial charge on any atom is -0.481 e. The van der Waals surface area contributed by atoms with E-state index in [9.17, 15) is 13.6 Å². The van der Waals surface area contributed by atoms with E-state index in [0.29, 0.717) is 0 Å². The van der Waals surface area contributed by atoms with E-state index in [0.717, 1.165) is 11.8 Å². The van der Waals surface area contributed by atoms with Crippen molar-refractivity contribution < 1.29 is 18.7 Å². The molecule has 1 N–H and O–H groups in total. The molecule has 5 heteroatoms. The highest BCUT2D eigenvalue weighted by molar-refractivity contribution is 7.99. The number of aliphatic carboxylic acids is 1. The Morgan fingerprint density at radius 3 is 2.73 bits per heavy atom. The van der Waals surface area contributed by atoms with Crippen molar-refractivity contribution in [3.63, 3.8) is 0 Å². The Labute approximate surface area is 67.0 Å². The first-order valence-corrected chi connectivity index (χ1v) is 4.35. The average Bonchev–Trinajstić information content (AvgIpc) is 2.10. The maximum absolute atomic E-state index is 12.7. The van der Waals surface area contributed by atoms with Crippen LogP contribution >= 0.6 is 11.8 Å². The van der Waals surface area contributed by atoms with Crippen LogP contribution < -0.4 is 0 Å². The number of carboxylic acid groups (broad SMARTS) is 1. The van der Waals surface area contributed by atoms with Crippen LogP contribution in [0.2, 0.25) is 0 Å². The number of halogens is 2. The molecule has 0 amide bonds. The van der Waals surface area contributed by atoms with Gasteiger partial charge in [-0.15, -0.1) is 0 Å². The Kier molecular flexibility index (Phi) is 2.37. The lowest BCUT2D eigenvalue weighted by Gasteiger charge is -2.14. The highest BCUT2D eigenvalue weighted by Gasteiger charge is 2.45. The SMILES string of the molecule is O=C(O)CC1CSCC1(F)F. The van der Waals surface area contributed by atoms with E-state index in [-0.39, 0.29) is 11.5 Å². The molecule has 1 heterocycles. The molecule has 0 spiro atoms. The van der Waals surface area contributed by atoms with Gasteiger partial charge in [-0.2, -0.15) is 11.8 Å². The van der Waals surface area contributed by atoms with Crippen molar-refractivity contribution in [2.24, 2.45) is 5.92 Å². The summed E-state index contributed by atoms with van der Waals surface area (Å²) in [6, 6.07) is 0. The Bertz CT molecular complexity index is 172. The lowest BCUT2D eigenvalue weighted by Crippen LogP contribution is -2.28. The molecule has 11 heavy (non-hydrogen) atoms. The van der Waals surface area contributed by atoms with Gasteiger partial charge in [0, 0.05) is 11.7 Å². The van der Waals surface area contributed by atoms with Gasteiger partial charge in [-0.1, -0.05) is 0 Å². The standard InChI is InChI=1S/C6H8F2O2S/c7-6(8)3-11-2-4(6)1-5(9)10/h4H,1-3H2,(H,9,10). The molecule has 0 bridgehead atoms. The molecule has 0 aromatic heterocycles. The highest BCUT2D eigenvalue weighted by Crippen LogP contribution is 2.39. The summed E-state index contributed by atoms with van der Waals surface area (Å²) in [6.45, 7) is 0. The summed E-state index contributed by atoms with van der Waals surface area (Å²) >= 11 is 1.12. The molecule has 1 aliphatic rings. The molecule has 1 saturated heterocycles. The minimum absolute atomic E-state index is 0.231. The molecule has 0 aliphatic carbocycles. The van der Waals surface area contributed by atoms with Gasteiger partial charge in [-0.3, -0.25) is 4.79 Å². The van der Waals surface area contributed by atoms with Gasteiger partial charge >= 0.3 is 5.97 Å². The lowest BCUT2D eigenvalue weighted by atomic mass is 10.0. The van der Waals surface area contributed by atoms with Crippen LogP contribution in [0.1, 0.15) is 6.42 Å². The van der Waals surface area contributed by atoms with Crippen molar-refractivity contribution in [1.82, 2.24) is 0 Å². The van der Waals surface area contributed by atoms with E-state index in [4.69, 9.17) is 5.11 Å². The van der Waals surface area contributed by atoms with Gasteiger partial charge in [-0.25, -0.2) is 8.78 Å². The van der Waals surface area contributed by atoms with Gasteiger partial charge in [0.05, 0.1) is 12.2 Å². The lowest BCUT2D eigenvalue weighted by molar-refractivity contribution is -0.141. The summed E-state index contributed by atoms with van der Waals surface area (Å²) in [6.07, 6.45) is -0.417. The smallest absolute Gasteiger partial charge is 0.303 e. The zero-order valence-electron chi connectivity index (χ0n) is 5.72. The van der Waals surface area contributed by atoms with Gasteiger partial charge in [0.2, 0.25) is 0 Å². The third-order valence-electron chi connectivity index (χ3n) is 1.63. The zero-order chi connectivity index (χ0) is 8.48. The number of alkyl halides is 2. The van der Waals surface area contributed by atoms with Crippen molar-refractivity contribution in [2.45, 2.75) is 12.3 Å². The molecule has 2 nitrogen and oxygen atoms in total. The summed E-state index contributed by atoms with van der Waals surface area (Å²) in [4.78, 5) is 10.1. The van der Waals surface area contributed by atoms with Crippen LogP contribution in [0.25, 0.3) is 0 Å². The predicted molar refractivity (Wildman–Crippen MR) is 38.0 cm³/mol. The van der Waals surface area contributed by atoms with Crippen molar-refractivity contribution >= 4 is 17.7 Å². The number of carbonyl (C=O) groups is 1. The Hall–Kier alpha value is -0.320. The largest absolute Gasteiger partial charge is 0.481 e. The Morgan fingerprint density at radius 1 is 1.73 bits per heavy atom. The van der Waals surface area contributed by atoms with Crippen LogP contribution in [-0.2, 0) is 4.79 Å². The molecular formula is C6H8F2O2S. The van der Waals surface area contributed by atoms with Crippen molar-refractivity contribution in [3.05, 3.63) is 0 Å². The zero-order valence-corrected chi connectivity index (χ0v) is 6.53. The summed E-state index contributed by atoms with van der Waals surface area (Å²) in [5.41, 5.74) is 0. The molecule has 0 aromatic rings. The molecule has 1 fully saturated rings. The fourth-order valence-electron chi connectivity index (χ4n) is 0.996. The quantitative estimate of drug-likeness (QED) is 0.702. The average molecular weight is 182 g/mol. The van der Waals surface area contributed by atoms with Gasteiger partial charge < -0.3 is 5.11 Å². The summed E-state index contributed by atoms with van der Waals surface area (Å²) in [7, 11) is 0. The van der Waals surface area contributed by atoms with E-state index in [2.05, 4.69) is 0 Å². The predicted octanol–water partition coefficient (Wildman–Crippen LogP) is 1.46. The number of carboxylic acids is 1. The van der Waals surface area contributed by atoms with Crippen molar-refractivity contribution in [2.75, 3.05) is 11.5 Å². The molecule has 1 atom stereocenters. The Morgan fingerprint density at radius 2 is 2.36 bits per heavy atom. The van der Waals surface area contributed by atoms with Crippen LogP contribution in [0.15, 0.2) is 0 Å². The summed E-state index contributed by atoms with van der Waals surface area (Å²) < 4.78 is 25.4. The third-order valence-corrected chi connectivity index (χ3v) is 2.86. The van der Waals surface area contributed by atoms with Crippen molar-refractivity contribution in [1.29, 1.82) is 0 Å². The van der Waals surface area contributed by atoms with E-state index in [1.165, 1.54) is 0 Å². The van der Waals surface area contributed by atoms with E-state index < -0.39 is 24.2 Å². The normalized spacial score (nSPS) is 28.7. The minimum atomic E-state index is -2.77. The van der Waals surface area contributed by atoms with Crippen LogP contribution in [0, 0.1) is 5.92 Å². The molecule has 0 radical (unpaired) electrons. The maximum Gasteiger partial charge on any atom is 0.303 e. The second-order valence-electron chi connectivity index (χ2n) is 2.57. The maximum atomic E-state index is 12.7. The summed E-state index contributed by atoms with van der Waals surface area (Å²) in [5.74, 6) is -4.85. The molecule has 1 aliphatic heterocycles. The van der Waals surface area contributed by atoms with E-state index in [1.807, 2.05) is 0 Å². The molecule has 64 valence electrons. The molecule has 1 unspecified atom stereocenters. The fraction of sp³-hybridized carbons (Fsp3) is 0.833. The summed E-state index contributed by atoms with van der Waals surface area (Å²) in [5, 5.41) is 8.26. The van der Waals surface area contributed by atoms with Crippen molar-refractivity contribution in [3.8, 4) is 0 Å². The van der Waals surface area contributed by atoms with Gasteiger partial charge in [-0.05, 0) is 0 Å². The molecule has 0 aromatic carbocycles. The number of rotatable bonds is 2. The second-order valence-corrected chi connectivity index (χ2v) is 3.60. The molecule has 0 saturated carbocycles. The first-order valence-electron chi connectivity index (χ1n) is 3.20. The topological polar surface area (TPSA) is 37.3 Å². The third kappa shape index (κ3) is 2.05. The first kappa shape index (κ1) is 8.77. The van der Waals surface area contributed by atoms with Gasteiger partial charge in [0.25, 0.3) is 5.92 Å². The molecular weight excluding hydrogens is 174 g/mol. The van der Waals surface area contributed by atoms with Crippen LogP contribution in [0.5, 0.6) is 0 Å². The van der Waals surface area contributed by atoms with Crippen LogP contribution in [0.3, 0.4) is 0 Å². The van der Waals surface area contributed by atoms with E-state index in [1.54, 1.807) is 0 Å². The highest BCUT2D eigenvalue weighted by atomic mass is 32.2. The van der Waals surface area contributed by atoms with Gasteiger partial charge in [0.15, 0.2) is 0 Å². The van der Waals surface area contributed by atoms with E-state index >= 15 is 0 Å². The van der Waals surface area contributed by atoms with Crippen LogP contribution in [0.4, 0.5) is 8.78 Å². The monoisotopic (exact) mass is 182 g/mol. The molecule has 1 rings (SSSR count). The number of hydrogen-bond acceptors (Lipinski definition) is 2. The Balaban J connectivity index is 2.51. The fourth-order valence-corrected chi connectivity index (χ4v) is 2.27. The number of thioether (sulfide) groups is 1. The number of hydrogen-bond donors (Lipinski definition) is 1. The first-order chi connectivity index (χ1) is 5.02. The van der Waals surface area contributed by atoms with Gasteiger partial charge in [0.1, 0.15) is 0 Å². The second kappa shape index (κ2) is 2.97. The van der Waals surface area contributed by atoms with Crippen LogP contribution in [-0.4, -0.2) is 28.5 Å².